The second kappa shape index (κ2) is 12.1. The lowest BCUT2D eigenvalue weighted by Crippen LogP contribution is -2.46. The van der Waals surface area contributed by atoms with Gasteiger partial charge >= 0.3 is 0 Å². The van der Waals surface area contributed by atoms with Crippen LogP contribution >= 0.6 is 11.3 Å². The Hall–Kier alpha value is -4.20. The van der Waals surface area contributed by atoms with Gasteiger partial charge in [0, 0.05) is 86.9 Å². The molecular weight excluding hydrogens is 508 g/mol. The molecule has 200 valence electrons. The summed E-state index contributed by atoms with van der Waals surface area (Å²) >= 11 is 1.62. The maximum absolute atomic E-state index is 9.71. The number of ether oxygens (including phenoxy) is 1. The fourth-order valence-electron chi connectivity index (χ4n) is 4.87. The van der Waals surface area contributed by atoms with E-state index in [4.69, 9.17) is 15.5 Å². The van der Waals surface area contributed by atoms with Crippen LogP contribution in [-0.4, -0.2) is 72.6 Å². The molecule has 0 spiro atoms. The Kier molecular flexibility index (Phi) is 8.20. The van der Waals surface area contributed by atoms with Gasteiger partial charge in [-0.05, 0) is 24.1 Å². The predicted octanol–water partition coefficient (Wildman–Crippen LogP) is 4.26. The highest BCUT2D eigenvalue weighted by Crippen LogP contribution is 2.33. The molecule has 9 nitrogen and oxygen atoms in total. The zero-order chi connectivity index (χ0) is 27.2. The number of piperazine rings is 1. The van der Waals surface area contributed by atoms with Crippen LogP contribution in [-0.2, 0) is 4.74 Å². The number of rotatable bonds is 7. The molecule has 0 atom stereocenters. The first-order chi connectivity index (χ1) is 19.1. The summed E-state index contributed by atoms with van der Waals surface area (Å²) in [4.78, 5) is 14.0. The Morgan fingerprint density at radius 2 is 2.13 bits per heavy atom. The number of thiazole rings is 1. The van der Waals surface area contributed by atoms with Crippen LogP contribution in [0.2, 0.25) is 0 Å². The summed E-state index contributed by atoms with van der Waals surface area (Å²) in [5.41, 5.74) is 11.7. The van der Waals surface area contributed by atoms with Gasteiger partial charge in [0.1, 0.15) is 6.07 Å². The monoisotopic (exact) mass is 540 g/mol. The fourth-order valence-corrected chi connectivity index (χ4v) is 5.75. The van der Waals surface area contributed by atoms with Gasteiger partial charge in [-0.1, -0.05) is 18.2 Å². The standard InChI is InChI=1S/C29H32N8OS/c1-32-16-23(14-30)22-13-26(28-24(15-31)17-33-37(28)19-22)27-20-39-29(34-27)36-11-9-35(10-12-36)18-21-5-3-4-6-25(38-2)8-7-21/h3,5,7-8,13-14,16-17,19-20H,4,6,9-12,18,30H2,1-2H3/b5-3?,21-7?,23-14?,25-8+,32-16?. The van der Waals surface area contributed by atoms with Crippen LogP contribution < -0.4 is 10.6 Å². The van der Waals surface area contributed by atoms with Gasteiger partial charge in [-0.2, -0.15) is 10.4 Å². The molecule has 2 aliphatic rings. The molecule has 5 rings (SSSR count). The Morgan fingerprint density at radius 3 is 2.87 bits per heavy atom. The van der Waals surface area contributed by atoms with Crippen LogP contribution in [0.1, 0.15) is 24.0 Å². The summed E-state index contributed by atoms with van der Waals surface area (Å²) in [6.07, 6.45) is 17.4. The van der Waals surface area contributed by atoms with Gasteiger partial charge in [0.05, 0.1) is 35.8 Å². The highest BCUT2D eigenvalue weighted by molar-refractivity contribution is 7.14. The van der Waals surface area contributed by atoms with E-state index in [9.17, 15) is 5.26 Å². The van der Waals surface area contributed by atoms with Crippen LogP contribution in [0.3, 0.4) is 0 Å². The molecule has 1 saturated heterocycles. The summed E-state index contributed by atoms with van der Waals surface area (Å²) in [6.45, 7) is 4.65. The molecule has 0 bridgehead atoms. The van der Waals surface area contributed by atoms with E-state index in [1.807, 2.05) is 12.3 Å². The largest absolute Gasteiger partial charge is 0.501 e. The summed E-state index contributed by atoms with van der Waals surface area (Å²) in [6, 6.07) is 4.27. The highest BCUT2D eigenvalue weighted by Gasteiger charge is 2.22. The number of methoxy groups -OCH3 is 1. The predicted molar refractivity (Wildman–Crippen MR) is 158 cm³/mol. The second-order valence-corrected chi connectivity index (χ2v) is 10.2. The molecule has 10 heteroatoms. The van der Waals surface area contributed by atoms with E-state index in [-0.39, 0.29) is 0 Å². The Bertz CT molecular complexity index is 1530. The number of nitriles is 1. The molecule has 0 unspecified atom stereocenters. The third kappa shape index (κ3) is 5.79. The smallest absolute Gasteiger partial charge is 0.185 e. The molecule has 0 aromatic carbocycles. The average Bonchev–Trinajstić information content (AvgIpc) is 3.61. The number of hydrogen-bond acceptors (Lipinski definition) is 9. The summed E-state index contributed by atoms with van der Waals surface area (Å²) in [5.74, 6) is 1.02. The Morgan fingerprint density at radius 1 is 1.28 bits per heavy atom. The van der Waals surface area contributed by atoms with E-state index in [0.29, 0.717) is 5.56 Å². The third-order valence-corrected chi connectivity index (χ3v) is 7.87. The van der Waals surface area contributed by atoms with E-state index in [1.165, 1.54) is 11.8 Å². The quantitative estimate of drug-likeness (QED) is 0.446. The number of aromatic nitrogens is 3. The number of hydrogen-bond donors (Lipinski definition) is 1. The van der Waals surface area contributed by atoms with Crippen LogP contribution in [0.4, 0.5) is 5.13 Å². The molecule has 3 aromatic heterocycles. The minimum Gasteiger partial charge on any atom is -0.501 e. The number of aliphatic imine (C=N–C) groups is 1. The van der Waals surface area contributed by atoms with Gasteiger partial charge in [-0.15, -0.1) is 11.3 Å². The number of nitrogens with two attached hydrogens (primary N) is 1. The van der Waals surface area contributed by atoms with E-state index in [2.05, 4.69) is 55.6 Å². The van der Waals surface area contributed by atoms with Gasteiger partial charge in [0.15, 0.2) is 5.13 Å². The molecule has 0 radical (unpaired) electrons. The number of anilines is 1. The SMILES string of the molecule is CN=CC(=CN)c1cc(-c2csc(N3CCN(CC4=C/C=C(/OC)CCC=C4)CC3)n2)c2c(C#N)cnn2c1. The van der Waals surface area contributed by atoms with Crippen molar-refractivity contribution in [3.63, 3.8) is 0 Å². The van der Waals surface area contributed by atoms with Gasteiger partial charge in [0.25, 0.3) is 0 Å². The molecule has 1 aliphatic heterocycles. The first-order valence-electron chi connectivity index (χ1n) is 12.9. The van der Waals surface area contributed by atoms with Crippen molar-refractivity contribution in [1.29, 1.82) is 5.26 Å². The Balaban J connectivity index is 1.34. The Labute approximate surface area is 232 Å². The minimum atomic E-state index is 0.507. The van der Waals surface area contributed by atoms with Crippen molar-refractivity contribution in [2.75, 3.05) is 51.8 Å². The molecule has 1 aliphatic carbocycles. The summed E-state index contributed by atoms with van der Waals surface area (Å²) in [5, 5.41) is 17.1. The lowest BCUT2D eigenvalue weighted by atomic mass is 10.0. The first kappa shape index (κ1) is 26.4. The summed E-state index contributed by atoms with van der Waals surface area (Å²) in [7, 11) is 3.44. The molecule has 4 heterocycles. The van der Waals surface area contributed by atoms with E-state index in [1.54, 1.807) is 42.4 Å². The number of pyridine rings is 1. The van der Waals surface area contributed by atoms with E-state index in [0.717, 1.165) is 84.4 Å². The lowest BCUT2D eigenvalue weighted by molar-refractivity contribution is 0.275. The van der Waals surface area contributed by atoms with Gasteiger partial charge in [-0.3, -0.25) is 9.89 Å². The number of allylic oxidation sites excluding steroid dienone is 5. The van der Waals surface area contributed by atoms with Crippen LogP contribution in [0.25, 0.3) is 22.3 Å². The van der Waals surface area contributed by atoms with Crippen molar-refractivity contribution >= 4 is 33.8 Å². The molecule has 2 N–H and O–H groups in total. The van der Waals surface area contributed by atoms with Crippen molar-refractivity contribution in [2.24, 2.45) is 10.7 Å². The maximum Gasteiger partial charge on any atom is 0.185 e. The average molecular weight is 541 g/mol. The van der Waals surface area contributed by atoms with Crippen LogP contribution in [0.15, 0.2) is 70.7 Å². The van der Waals surface area contributed by atoms with Crippen molar-refractivity contribution in [1.82, 2.24) is 19.5 Å². The van der Waals surface area contributed by atoms with Crippen LogP contribution in [0, 0.1) is 11.3 Å². The molecule has 0 saturated carbocycles. The summed E-state index contributed by atoms with van der Waals surface area (Å²) < 4.78 is 7.17. The molecule has 1 fully saturated rings. The zero-order valence-corrected chi connectivity index (χ0v) is 23.1. The maximum atomic E-state index is 9.71. The molecule has 39 heavy (non-hydrogen) atoms. The van der Waals surface area contributed by atoms with Gasteiger partial charge in [-0.25, -0.2) is 9.50 Å². The van der Waals surface area contributed by atoms with E-state index < -0.39 is 0 Å². The highest BCUT2D eigenvalue weighted by atomic mass is 32.1. The number of nitrogens with zero attached hydrogens (tertiary/aromatic N) is 7. The topological polar surface area (TPSA) is 108 Å². The van der Waals surface area contributed by atoms with E-state index >= 15 is 0 Å². The van der Waals surface area contributed by atoms with Crippen molar-refractivity contribution in [2.45, 2.75) is 12.8 Å². The van der Waals surface area contributed by atoms with Crippen molar-refractivity contribution < 1.29 is 4.74 Å². The zero-order valence-electron chi connectivity index (χ0n) is 22.2. The lowest BCUT2D eigenvalue weighted by Gasteiger charge is -2.34. The van der Waals surface area contributed by atoms with Gasteiger partial charge < -0.3 is 15.4 Å². The van der Waals surface area contributed by atoms with Gasteiger partial charge in [0.2, 0.25) is 0 Å². The molecule has 0 amide bonds. The molecule has 3 aromatic rings. The third-order valence-electron chi connectivity index (χ3n) is 6.97. The first-order valence-corrected chi connectivity index (χ1v) is 13.8. The normalized spacial score (nSPS) is 18.5. The number of fused-ring (bicyclic) bond motifs is 1. The second-order valence-electron chi connectivity index (χ2n) is 9.41. The molecular formula is C29H32N8OS. The van der Waals surface area contributed by atoms with Crippen molar-refractivity contribution in [3.8, 4) is 17.3 Å². The minimum absolute atomic E-state index is 0.507. The van der Waals surface area contributed by atoms with Crippen LogP contribution in [0.5, 0.6) is 0 Å². The fraction of sp³-hybridized carbons (Fsp3) is 0.310. The van der Waals surface area contributed by atoms with Crippen molar-refractivity contribution in [3.05, 3.63) is 76.8 Å².